The van der Waals surface area contributed by atoms with E-state index in [1.165, 1.54) is 32.1 Å². The zero-order valence-electron chi connectivity index (χ0n) is 12.4. The fourth-order valence-corrected chi connectivity index (χ4v) is 2.92. The molecular formula is C14H25F3IN3. The smallest absolute Gasteiger partial charge is 0.357 e. The molecule has 2 saturated carbocycles. The largest absolute Gasteiger partial charge is 0.390 e. The van der Waals surface area contributed by atoms with Gasteiger partial charge in [-0.2, -0.15) is 13.2 Å². The second-order valence-electron chi connectivity index (χ2n) is 5.98. The highest BCUT2D eigenvalue weighted by molar-refractivity contribution is 14.0. The van der Waals surface area contributed by atoms with Gasteiger partial charge < -0.3 is 10.6 Å². The molecule has 0 radical (unpaired) electrons. The van der Waals surface area contributed by atoms with Crippen LogP contribution in [0.1, 0.15) is 45.4 Å². The average molecular weight is 419 g/mol. The molecule has 0 spiro atoms. The molecule has 21 heavy (non-hydrogen) atoms. The lowest BCUT2D eigenvalue weighted by molar-refractivity contribution is -0.132. The van der Waals surface area contributed by atoms with Gasteiger partial charge in [-0.25, -0.2) is 0 Å². The van der Waals surface area contributed by atoms with E-state index in [1.807, 2.05) is 6.92 Å². The van der Waals surface area contributed by atoms with Gasteiger partial charge in [0, 0.05) is 19.6 Å². The van der Waals surface area contributed by atoms with E-state index in [9.17, 15) is 13.2 Å². The van der Waals surface area contributed by atoms with Crippen LogP contribution >= 0.6 is 24.0 Å². The lowest BCUT2D eigenvalue weighted by atomic mass is 9.65. The summed E-state index contributed by atoms with van der Waals surface area (Å²) in [6.45, 7) is 3.21. The standard InChI is InChI=1S/C14H24F3N3.HI/c1-2-18-12(19-9-8-14(15,16)17)20-10-13(6-3-7-13)11-4-5-11;/h11H,2-10H2,1H3,(H2,18,19,20);1H. The van der Waals surface area contributed by atoms with E-state index in [-0.39, 0.29) is 30.5 Å². The fraction of sp³-hybridized carbons (Fsp3) is 0.929. The molecule has 2 aliphatic carbocycles. The number of hydrogen-bond donors (Lipinski definition) is 2. The summed E-state index contributed by atoms with van der Waals surface area (Å²) in [4.78, 5) is 4.52. The number of hydrogen-bond acceptors (Lipinski definition) is 1. The number of nitrogens with one attached hydrogen (secondary N) is 2. The van der Waals surface area contributed by atoms with Crippen LogP contribution in [0.15, 0.2) is 4.99 Å². The number of rotatable bonds is 6. The average Bonchev–Trinajstić information content (AvgIpc) is 3.10. The first-order valence-electron chi connectivity index (χ1n) is 7.54. The Labute approximate surface area is 141 Å². The third-order valence-corrected chi connectivity index (χ3v) is 4.39. The number of guanidine groups is 1. The van der Waals surface area contributed by atoms with Crippen molar-refractivity contribution < 1.29 is 13.2 Å². The Bertz CT molecular complexity index is 350. The maximum absolute atomic E-state index is 12.1. The molecular weight excluding hydrogens is 394 g/mol. The van der Waals surface area contributed by atoms with Crippen molar-refractivity contribution in [2.45, 2.75) is 51.6 Å². The Kier molecular flexibility index (Phi) is 7.06. The number of aliphatic imine (C=N–C) groups is 1. The zero-order valence-corrected chi connectivity index (χ0v) is 14.8. The van der Waals surface area contributed by atoms with Gasteiger partial charge in [-0.1, -0.05) is 6.42 Å². The molecule has 124 valence electrons. The van der Waals surface area contributed by atoms with E-state index in [4.69, 9.17) is 0 Å². The summed E-state index contributed by atoms with van der Waals surface area (Å²) in [5.74, 6) is 1.32. The van der Waals surface area contributed by atoms with Crippen LogP contribution in [0.4, 0.5) is 13.2 Å². The molecule has 0 aromatic heterocycles. The maximum Gasteiger partial charge on any atom is 0.390 e. The summed E-state index contributed by atoms with van der Waals surface area (Å²) in [6, 6.07) is 0. The molecule has 2 aliphatic rings. The SMILES string of the molecule is CCNC(=NCC1(C2CC2)CCC1)NCCC(F)(F)F.I. The van der Waals surface area contributed by atoms with Crippen molar-refractivity contribution in [2.24, 2.45) is 16.3 Å². The first-order chi connectivity index (χ1) is 9.45. The lowest BCUT2D eigenvalue weighted by Crippen LogP contribution is -2.41. The first kappa shape index (κ1) is 18.8. The molecule has 7 heteroatoms. The van der Waals surface area contributed by atoms with Gasteiger partial charge in [-0.15, -0.1) is 24.0 Å². The van der Waals surface area contributed by atoms with Crippen molar-refractivity contribution in [1.82, 2.24) is 10.6 Å². The van der Waals surface area contributed by atoms with Gasteiger partial charge in [-0.05, 0) is 43.9 Å². The lowest BCUT2D eigenvalue weighted by Gasteiger charge is -2.41. The maximum atomic E-state index is 12.1. The van der Waals surface area contributed by atoms with E-state index in [1.54, 1.807) is 0 Å². The molecule has 0 saturated heterocycles. The van der Waals surface area contributed by atoms with E-state index in [0.717, 1.165) is 12.5 Å². The predicted molar refractivity (Wildman–Crippen MR) is 89.1 cm³/mol. The van der Waals surface area contributed by atoms with Gasteiger partial charge in [-0.3, -0.25) is 4.99 Å². The summed E-state index contributed by atoms with van der Waals surface area (Å²) in [5.41, 5.74) is 0.354. The predicted octanol–water partition coefficient (Wildman–Crippen LogP) is 3.69. The zero-order chi connectivity index (χ0) is 14.6. The second kappa shape index (κ2) is 7.87. The van der Waals surface area contributed by atoms with Crippen molar-refractivity contribution in [1.29, 1.82) is 0 Å². The van der Waals surface area contributed by atoms with Crippen LogP contribution in [-0.4, -0.2) is 31.8 Å². The van der Waals surface area contributed by atoms with Crippen LogP contribution in [0.5, 0.6) is 0 Å². The van der Waals surface area contributed by atoms with Crippen molar-refractivity contribution >= 4 is 29.9 Å². The van der Waals surface area contributed by atoms with Crippen LogP contribution < -0.4 is 10.6 Å². The summed E-state index contributed by atoms with van der Waals surface area (Å²) in [7, 11) is 0. The van der Waals surface area contributed by atoms with Gasteiger partial charge in [0.15, 0.2) is 5.96 Å². The van der Waals surface area contributed by atoms with Gasteiger partial charge in [0.1, 0.15) is 0 Å². The second-order valence-corrected chi connectivity index (χ2v) is 5.98. The summed E-state index contributed by atoms with van der Waals surface area (Å²) in [6.07, 6.45) is 1.37. The molecule has 0 atom stereocenters. The molecule has 0 aromatic carbocycles. The van der Waals surface area contributed by atoms with Gasteiger partial charge in [0.2, 0.25) is 0 Å². The molecule has 0 bridgehead atoms. The van der Waals surface area contributed by atoms with Crippen LogP contribution in [0.25, 0.3) is 0 Å². The number of nitrogens with zero attached hydrogens (tertiary/aromatic N) is 1. The van der Waals surface area contributed by atoms with Crippen LogP contribution in [0.2, 0.25) is 0 Å². The minimum atomic E-state index is -4.12. The monoisotopic (exact) mass is 419 g/mol. The Balaban J connectivity index is 0.00000220. The molecule has 2 N–H and O–H groups in total. The molecule has 0 heterocycles. The number of halogens is 4. The van der Waals surface area contributed by atoms with E-state index >= 15 is 0 Å². The van der Waals surface area contributed by atoms with E-state index in [2.05, 4.69) is 15.6 Å². The van der Waals surface area contributed by atoms with Crippen molar-refractivity contribution in [3.63, 3.8) is 0 Å². The highest BCUT2D eigenvalue weighted by Gasteiger charge is 2.48. The first-order valence-corrected chi connectivity index (χ1v) is 7.54. The van der Waals surface area contributed by atoms with Crippen LogP contribution in [0, 0.1) is 11.3 Å². The summed E-state index contributed by atoms with van der Waals surface area (Å²) >= 11 is 0. The molecule has 0 amide bonds. The highest BCUT2D eigenvalue weighted by atomic mass is 127. The molecule has 2 fully saturated rings. The van der Waals surface area contributed by atoms with Crippen molar-refractivity contribution in [3.05, 3.63) is 0 Å². The number of alkyl halides is 3. The molecule has 0 unspecified atom stereocenters. The molecule has 2 rings (SSSR count). The third-order valence-electron chi connectivity index (χ3n) is 4.39. The fourth-order valence-electron chi connectivity index (χ4n) is 2.92. The van der Waals surface area contributed by atoms with Crippen molar-refractivity contribution in [2.75, 3.05) is 19.6 Å². The van der Waals surface area contributed by atoms with Crippen LogP contribution in [-0.2, 0) is 0 Å². The summed E-state index contributed by atoms with van der Waals surface area (Å²) in [5, 5.41) is 5.80. The van der Waals surface area contributed by atoms with Gasteiger partial charge in [0.05, 0.1) is 6.42 Å². The minimum Gasteiger partial charge on any atom is -0.357 e. The van der Waals surface area contributed by atoms with E-state index in [0.29, 0.717) is 17.9 Å². The topological polar surface area (TPSA) is 36.4 Å². The molecule has 0 aliphatic heterocycles. The molecule has 0 aromatic rings. The minimum absolute atomic E-state index is 0. The highest BCUT2D eigenvalue weighted by Crippen LogP contribution is 2.57. The van der Waals surface area contributed by atoms with Gasteiger partial charge in [0.25, 0.3) is 0 Å². The Morgan fingerprint density at radius 1 is 1.24 bits per heavy atom. The summed E-state index contributed by atoms with van der Waals surface area (Å²) < 4.78 is 36.4. The Hall–Kier alpha value is -0.210. The van der Waals surface area contributed by atoms with Gasteiger partial charge >= 0.3 is 6.18 Å². The quantitative estimate of drug-likeness (QED) is 0.392. The molecule has 3 nitrogen and oxygen atoms in total. The Morgan fingerprint density at radius 3 is 2.33 bits per heavy atom. The van der Waals surface area contributed by atoms with Crippen LogP contribution in [0.3, 0.4) is 0 Å². The third kappa shape index (κ3) is 5.83. The Morgan fingerprint density at radius 2 is 1.90 bits per heavy atom. The van der Waals surface area contributed by atoms with E-state index < -0.39 is 12.6 Å². The normalized spacial score (nSPS) is 21.2. The van der Waals surface area contributed by atoms with Crippen molar-refractivity contribution in [3.8, 4) is 0 Å².